The minimum Gasteiger partial charge on any atom is -0.481 e. The Labute approximate surface area is 289 Å². The summed E-state index contributed by atoms with van der Waals surface area (Å²) in [4.78, 5) is 43.2. The SMILES string of the molecule is C=CCOC(=O)N1c2ccc(OC)nc2[C@@H](N(Cc2cc(C(F)(F)F)cc(C(F)(F)F)c2)c2ncc(N3CCC(C(=O)O)CC3)cn2)C[C@H]1CC. The number of halogens is 6. The zero-order valence-electron chi connectivity index (χ0n) is 27.7. The zero-order valence-corrected chi connectivity index (χ0v) is 27.7. The summed E-state index contributed by atoms with van der Waals surface area (Å²) >= 11 is 0. The number of aliphatic carboxylic acids is 1. The highest BCUT2D eigenvalue weighted by Crippen LogP contribution is 2.44. The lowest BCUT2D eigenvalue weighted by atomic mass is 9.92. The molecule has 2 aliphatic rings. The third-order valence-corrected chi connectivity index (χ3v) is 8.98. The summed E-state index contributed by atoms with van der Waals surface area (Å²) in [5.74, 6) is -1.24. The molecule has 2 atom stereocenters. The number of benzene rings is 1. The predicted molar refractivity (Wildman–Crippen MR) is 173 cm³/mol. The number of hydrogen-bond acceptors (Lipinski definition) is 9. The summed E-state index contributed by atoms with van der Waals surface area (Å²) < 4.78 is 94.1. The number of anilines is 3. The highest BCUT2D eigenvalue weighted by atomic mass is 19.4. The number of carbonyl (C=O) groups excluding carboxylic acids is 1. The molecule has 1 aromatic carbocycles. The number of piperidine rings is 1. The minimum absolute atomic E-state index is 0.0248. The molecule has 51 heavy (non-hydrogen) atoms. The van der Waals surface area contributed by atoms with Gasteiger partial charge in [0.25, 0.3) is 0 Å². The Morgan fingerprint density at radius 1 is 1.04 bits per heavy atom. The molecule has 0 aliphatic carbocycles. The first-order valence-electron chi connectivity index (χ1n) is 16.1. The monoisotopic (exact) mass is 722 g/mol. The number of nitrogens with zero attached hydrogens (tertiary/aromatic N) is 6. The van der Waals surface area contributed by atoms with Crippen LogP contribution in [0.5, 0.6) is 5.88 Å². The van der Waals surface area contributed by atoms with Crippen LogP contribution in [0.1, 0.15) is 61.0 Å². The second kappa shape index (κ2) is 15.0. The molecule has 0 saturated carbocycles. The van der Waals surface area contributed by atoms with Crippen molar-refractivity contribution in [3.63, 3.8) is 0 Å². The number of fused-ring (bicyclic) bond motifs is 1. The second-order valence-corrected chi connectivity index (χ2v) is 12.2. The van der Waals surface area contributed by atoms with Crippen LogP contribution in [0.3, 0.4) is 0 Å². The van der Waals surface area contributed by atoms with E-state index in [2.05, 4.69) is 21.5 Å². The number of alkyl halides is 6. The molecular weight excluding hydrogens is 686 g/mol. The van der Waals surface area contributed by atoms with E-state index in [4.69, 9.17) is 9.47 Å². The van der Waals surface area contributed by atoms with Crippen LogP contribution in [0, 0.1) is 5.92 Å². The quantitative estimate of drug-likeness (QED) is 0.169. The van der Waals surface area contributed by atoms with Gasteiger partial charge in [0.2, 0.25) is 11.8 Å². The van der Waals surface area contributed by atoms with Gasteiger partial charge in [-0.2, -0.15) is 26.3 Å². The van der Waals surface area contributed by atoms with Gasteiger partial charge in [0, 0.05) is 31.7 Å². The van der Waals surface area contributed by atoms with Crippen LogP contribution in [0.4, 0.5) is 48.5 Å². The van der Waals surface area contributed by atoms with Gasteiger partial charge in [-0.05, 0) is 55.5 Å². The number of hydrogen-bond donors (Lipinski definition) is 1. The highest BCUT2D eigenvalue weighted by molar-refractivity contribution is 5.90. The summed E-state index contributed by atoms with van der Waals surface area (Å²) in [6.45, 7) is 5.65. The first kappa shape index (κ1) is 37.2. The summed E-state index contributed by atoms with van der Waals surface area (Å²) in [6, 6.07) is 3.07. The average Bonchev–Trinajstić information content (AvgIpc) is 3.11. The van der Waals surface area contributed by atoms with Gasteiger partial charge in [-0.1, -0.05) is 19.6 Å². The normalized spacial score (nSPS) is 18.2. The summed E-state index contributed by atoms with van der Waals surface area (Å²) in [7, 11) is 1.37. The van der Waals surface area contributed by atoms with Gasteiger partial charge in [0.05, 0.1) is 59.7 Å². The Morgan fingerprint density at radius 2 is 1.67 bits per heavy atom. The molecule has 2 aliphatic heterocycles. The first-order valence-corrected chi connectivity index (χ1v) is 16.1. The van der Waals surface area contributed by atoms with Gasteiger partial charge in [-0.25, -0.2) is 19.7 Å². The molecule has 17 heteroatoms. The van der Waals surface area contributed by atoms with E-state index >= 15 is 0 Å². The van der Waals surface area contributed by atoms with Gasteiger partial charge in [0.15, 0.2) is 0 Å². The van der Waals surface area contributed by atoms with Gasteiger partial charge in [-0.3, -0.25) is 9.69 Å². The minimum atomic E-state index is -5.07. The molecule has 0 unspecified atom stereocenters. The molecule has 5 rings (SSSR count). The molecule has 274 valence electrons. The third-order valence-electron chi connectivity index (χ3n) is 8.98. The standard InChI is InChI=1S/C34H36F6N6O5/c1-4-12-51-32(49)46-24(5-2)16-27(29-26(46)6-7-28(43-29)50-3)45(19-20-13-22(33(35,36)37)15-23(14-20)34(38,39)40)31-41-17-25(18-42-31)44-10-8-21(9-11-44)30(47)48/h4,6-7,13-15,17-18,21,24,27H,1,5,8-12,16,19H2,2-3H3,(H,47,48)/t24-,27+/m1/s1. The molecule has 0 radical (unpaired) electrons. The summed E-state index contributed by atoms with van der Waals surface area (Å²) in [6.07, 6.45) is -5.17. The summed E-state index contributed by atoms with van der Waals surface area (Å²) in [5, 5.41) is 9.37. The fourth-order valence-corrected chi connectivity index (χ4v) is 6.39. The number of rotatable bonds is 10. The zero-order chi connectivity index (χ0) is 37.1. The second-order valence-electron chi connectivity index (χ2n) is 12.2. The molecule has 4 heterocycles. The van der Waals surface area contributed by atoms with Crippen LogP contribution in [-0.2, 0) is 28.4 Å². The van der Waals surface area contributed by atoms with E-state index in [1.54, 1.807) is 6.07 Å². The van der Waals surface area contributed by atoms with Crippen molar-refractivity contribution in [2.45, 2.75) is 63.6 Å². The van der Waals surface area contributed by atoms with Gasteiger partial charge < -0.3 is 24.4 Å². The van der Waals surface area contributed by atoms with Crippen molar-refractivity contribution in [1.29, 1.82) is 0 Å². The van der Waals surface area contributed by atoms with E-state index in [1.807, 2.05) is 11.8 Å². The molecule has 1 saturated heterocycles. The van der Waals surface area contributed by atoms with Crippen molar-refractivity contribution in [2.24, 2.45) is 5.92 Å². The van der Waals surface area contributed by atoms with E-state index in [9.17, 15) is 41.0 Å². The largest absolute Gasteiger partial charge is 0.481 e. The van der Waals surface area contributed by atoms with E-state index < -0.39 is 60.1 Å². The molecular formula is C34H36F6N6O5. The number of carboxylic acid groups (broad SMARTS) is 1. The number of aromatic nitrogens is 3. The van der Waals surface area contributed by atoms with Crippen molar-refractivity contribution in [2.75, 3.05) is 41.5 Å². The van der Waals surface area contributed by atoms with Crippen LogP contribution >= 0.6 is 0 Å². The maximum atomic E-state index is 13.9. The lowest BCUT2D eigenvalue weighted by Crippen LogP contribution is -2.48. The number of carbonyl (C=O) groups is 2. The lowest BCUT2D eigenvalue weighted by molar-refractivity contribution is -0.144. The van der Waals surface area contributed by atoms with Gasteiger partial charge >= 0.3 is 24.4 Å². The van der Waals surface area contributed by atoms with Crippen LogP contribution in [0.15, 0.2) is 55.4 Å². The maximum Gasteiger partial charge on any atom is 0.416 e. The van der Waals surface area contributed by atoms with Gasteiger partial charge in [0.1, 0.15) is 6.61 Å². The molecule has 2 aromatic heterocycles. The predicted octanol–water partition coefficient (Wildman–Crippen LogP) is 7.28. The van der Waals surface area contributed by atoms with Crippen LogP contribution in [0.25, 0.3) is 0 Å². The first-order chi connectivity index (χ1) is 24.1. The maximum absolute atomic E-state index is 13.9. The van der Waals surface area contributed by atoms with Crippen LogP contribution < -0.4 is 19.4 Å². The smallest absolute Gasteiger partial charge is 0.416 e. The number of methoxy groups -OCH3 is 1. The highest BCUT2D eigenvalue weighted by Gasteiger charge is 2.42. The van der Waals surface area contributed by atoms with E-state index in [0.29, 0.717) is 55.9 Å². The fourth-order valence-electron chi connectivity index (χ4n) is 6.39. The molecule has 11 nitrogen and oxygen atoms in total. The number of amides is 1. The van der Waals surface area contributed by atoms with Gasteiger partial charge in [-0.15, -0.1) is 0 Å². The molecule has 0 bridgehead atoms. The molecule has 1 N–H and O–H groups in total. The Kier molecular flexibility index (Phi) is 11.0. The van der Waals surface area contributed by atoms with Crippen LogP contribution in [-0.4, -0.2) is 65.0 Å². The number of pyridine rings is 1. The van der Waals surface area contributed by atoms with Crippen molar-refractivity contribution in [3.05, 3.63) is 77.8 Å². The lowest BCUT2D eigenvalue weighted by Gasteiger charge is -2.43. The summed E-state index contributed by atoms with van der Waals surface area (Å²) in [5.41, 5.74) is -2.16. The Morgan fingerprint density at radius 3 is 2.20 bits per heavy atom. The van der Waals surface area contributed by atoms with E-state index in [1.165, 1.54) is 41.4 Å². The number of carboxylic acids is 1. The van der Waals surface area contributed by atoms with Crippen molar-refractivity contribution in [1.82, 2.24) is 15.0 Å². The molecule has 1 amide bonds. The van der Waals surface area contributed by atoms with Crippen molar-refractivity contribution in [3.8, 4) is 5.88 Å². The van der Waals surface area contributed by atoms with E-state index in [-0.39, 0.29) is 42.2 Å². The van der Waals surface area contributed by atoms with Crippen LogP contribution in [0.2, 0.25) is 0 Å². The van der Waals surface area contributed by atoms with E-state index in [0.717, 1.165) is 0 Å². The topological polar surface area (TPSA) is 121 Å². The average molecular weight is 723 g/mol. The third kappa shape index (κ3) is 8.28. The van der Waals surface area contributed by atoms with Crippen molar-refractivity contribution < 1.29 is 50.5 Å². The fraction of sp³-hybridized carbons (Fsp3) is 0.441. The molecule has 3 aromatic rings. The molecule has 0 spiro atoms. The van der Waals surface area contributed by atoms with Crippen molar-refractivity contribution >= 4 is 29.4 Å². The number of ether oxygens (including phenoxy) is 2. The Hall–Kier alpha value is -5.09. The molecule has 1 fully saturated rings. The Bertz CT molecular complexity index is 1700. The Balaban J connectivity index is 1.63.